The van der Waals surface area contributed by atoms with Crippen molar-refractivity contribution in [2.24, 2.45) is 0 Å². The van der Waals surface area contributed by atoms with Gasteiger partial charge >= 0.3 is 12.0 Å². The molecule has 0 saturated carbocycles. The van der Waals surface area contributed by atoms with Gasteiger partial charge in [0.15, 0.2) is 6.04 Å². The Morgan fingerprint density at radius 3 is 2.37 bits per heavy atom. The van der Waals surface area contributed by atoms with Crippen LogP contribution in [-0.2, 0) is 9.53 Å². The highest BCUT2D eigenvalue weighted by Crippen LogP contribution is 2.04. The molecule has 2 N–H and O–H groups in total. The molecule has 1 atom stereocenters. The maximum atomic E-state index is 12.1. The molecule has 0 saturated heterocycles. The number of carboxylic acids is 1. The third-order valence-electron chi connectivity index (χ3n) is 2.82. The van der Waals surface area contributed by atoms with Crippen molar-refractivity contribution < 1.29 is 19.4 Å². The van der Waals surface area contributed by atoms with Crippen LogP contribution >= 0.6 is 0 Å². The first kappa shape index (κ1) is 17.7. The Morgan fingerprint density at radius 2 is 1.95 bits per heavy atom. The highest BCUT2D eigenvalue weighted by Gasteiger charge is 2.24. The lowest BCUT2D eigenvalue weighted by atomic mass is 10.2. The van der Waals surface area contributed by atoms with Gasteiger partial charge in [-0.2, -0.15) is 0 Å². The van der Waals surface area contributed by atoms with Crippen molar-refractivity contribution in [3.8, 4) is 0 Å². The lowest BCUT2D eigenvalue weighted by molar-refractivity contribution is -0.140. The normalized spacial score (nSPS) is 12.3. The van der Waals surface area contributed by atoms with Crippen LogP contribution in [0.15, 0.2) is 0 Å². The van der Waals surface area contributed by atoms with Crippen molar-refractivity contribution in [3.63, 3.8) is 0 Å². The SMILES string of the molecule is CCCCCN(C(=O)NC(COC)C(=O)O)C(C)C. The van der Waals surface area contributed by atoms with Gasteiger partial charge in [0.1, 0.15) is 0 Å². The Labute approximate surface area is 115 Å². The minimum absolute atomic E-state index is 0.0360. The van der Waals surface area contributed by atoms with Gasteiger partial charge < -0.3 is 20.1 Å². The number of unbranched alkanes of at least 4 members (excludes halogenated alkanes) is 2. The summed E-state index contributed by atoms with van der Waals surface area (Å²) in [5.74, 6) is -1.09. The van der Waals surface area contributed by atoms with E-state index in [1.807, 2.05) is 13.8 Å². The number of rotatable bonds is 9. The fourth-order valence-corrected chi connectivity index (χ4v) is 1.70. The number of hydrogen-bond acceptors (Lipinski definition) is 3. The van der Waals surface area contributed by atoms with Gasteiger partial charge in [-0.1, -0.05) is 19.8 Å². The Bertz CT molecular complexity index is 282. The van der Waals surface area contributed by atoms with Crippen LogP contribution in [0.3, 0.4) is 0 Å². The third kappa shape index (κ3) is 7.00. The third-order valence-corrected chi connectivity index (χ3v) is 2.82. The van der Waals surface area contributed by atoms with Crippen LogP contribution in [0.1, 0.15) is 40.0 Å². The number of amides is 2. The minimum Gasteiger partial charge on any atom is -0.480 e. The average molecular weight is 274 g/mol. The maximum Gasteiger partial charge on any atom is 0.328 e. The first-order valence-electron chi connectivity index (χ1n) is 6.72. The number of carboxylic acid groups (broad SMARTS) is 1. The molecule has 0 radical (unpaired) electrons. The number of urea groups is 1. The average Bonchev–Trinajstić information content (AvgIpc) is 2.33. The van der Waals surface area contributed by atoms with E-state index in [4.69, 9.17) is 9.84 Å². The van der Waals surface area contributed by atoms with Crippen LogP contribution in [0.4, 0.5) is 4.79 Å². The van der Waals surface area contributed by atoms with Crippen molar-refractivity contribution in [2.45, 2.75) is 52.1 Å². The molecule has 0 bridgehead atoms. The molecule has 0 rings (SSSR count). The summed E-state index contributed by atoms with van der Waals surface area (Å²) in [6, 6.07) is -1.32. The molecule has 0 fully saturated rings. The van der Waals surface area contributed by atoms with Crippen LogP contribution in [0.5, 0.6) is 0 Å². The van der Waals surface area contributed by atoms with Gasteiger partial charge in [0.2, 0.25) is 0 Å². The molecule has 0 aliphatic rings. The topological polar surface area (TPSA) is 78.9 Å². The van der Waals surface area contributed by atoms with Crippen LogP contribution in [0.2, 0.25) is 0 Å². The molecule has 0 spiro atoms. The quantitative estimate of drug-likeness (QED) is 0.627. The van der Waals surface area contributed by atoms with Crippen molar-refractivity contribution >= 4 is 12.0 Å². The molecule has 0 aliphatic heterocycles. The van der Waals surface area contributed by atoms with Crippen LogP contribution < -0.4 is 5.32 Å². The number of hydrogen-bond donors (Lipinski definition) is 2. The number of carbonyl (C=O) groups is 2. The van der Waals surface area contributed by atoms with Crippen LogP contribution in [0.25, 0.3) is 0 Å². The van der Waals surface area contributed by atoms with Crippen molar-refractivity contribution in [2.75, 3.05) is 20.3 Å². The highest BCUT2D eigenvalue weighted by molar-refractivity contribution is 5.82. The molecule has 6 heteroatoms. The minimum atomic E-state index is -1.09. The number of aliphatic carboxylic acids is 1. The summed E-state index contributed by atoms with van der Waals surface area (Å²) >= 11 is 0. The Morgan fingerprint density at radius 1 is 1.32 bits per heavy atom. The molecule has 0 aromatic rings. The van der Waals surface area contributed by atoms with Gasteiger partial charge in [0.25, 0.3) is 0 Å². The van der Waals surface area contributed by atoms with Gasteiger partial charge in [0.05, 0.1) is 6.61 Å². The summed E-state index contributed by atoms with van der Waals surface area (Å²) in [5, 5.41) is 11.5. The van der Waals surface area contributed by atoms with Gasteiger partial charge in [-0.25, -0.2) is 9.59 Å². The predicted molar refractivity (Wildman–Crippen MR) is 73.2 cm³/mol. The van der Waals surface area contributed by atoms with E-state index in [1.165, 1.54) is 7.11 Å². The lowest BCUT2D eigenvalue weighted by Gasteiger charge is -2.28. The van der Waals surface area contributed by atoms with E-state index in [-0.39, 0.29) is 18.7 Å². The summed E-state index contributed by atoms with van der Waals surface area (Å²) in [5.41, 5.74) is 0. The van der Waals surface area contributed by atoms with E-state index in [9.17, 15) is 9.59 Å². The lowest BCUT2D eigenvalue weighted by Crippen LogP contribution is -2.51. The monoisotopic (exact) mass is 274 g/mol. The standard InChI is InChI=1S/C13H26N2O4/c1-5-6-7-8-15(10(2)3)13(18)14-11(9-19-4)12(16)17/h10-11H,5-9H2,1-4H3,(H,14,18)(H,16,17). The molecule has 0 aromatic carbocycles. The molecule has 112 valence electrons. The maximum absolute atomic E-state index is 12.1. The Hall–Kier alpha value is -1.30. The van der Waals surface area contributed by atoms with E-state index >= 15 is 0 Å². The zero-order valence-electron chi connectivity index (χ0n) is 12.3. The summed E-state index contributed by atoms with van der Waals surface area (Å²) in [7, 11) is 1.41. The van der Waals surface area contributed by atoms with Gasteiger partial charge in [-0.05, 0) is 20.3 Å². The predicted octanol–water partition coefficient (Wildman–Crippen LogP) is 1.70. The number of nitrogens with zero attached hydrogens (tertiary/aromatic N) is 1. The molecule has 6 nitrogen and oxygen atoms in total. The number of carbonyl (C=O) groups excluding carboxylic acids is 1. The van der Waals surface area contributed by atoms with E-state index in [2.05, 4.69) is 12.2 Å². The fraction of sp³-hybridized carbons (Fsp3) is 0.846. The van der Waals surface area contributed by atoms with E-state index in [0.29, 0.717) is 6.54 Å². The van der Waals surface area contributed by atoms with Crippen LogP contribution in [0, 0.1) is 0 Å². The highest BCUT2D eigenvalue weighted by atomic mass is 16.5. The van der Waals surface area contributed by atoms with Gasteiger partial charge in [-0.3, -0.25) is 0 Å². The molecular weight excluding hydrogens is 248 g/mol. The van der Waals surface area contributed by atoms with E-state index in [0.717, 1.165) is 19.3 Å². The molecule has 1 unspecified atom stereocenters. The fourth-order valence-electron chi connectivity index (χ4n) is 1.70. The number of nitrogens with one attached hydrogen (secondary N) is 1. The Balaban J connectivity index is 4.48. The zero-order valence-corrected chi connectivity index (χ0v) is 12.3. The molecule has 2 amide bonds. The summed E-state index contributed by atoms with van der Waals surface area (Å²) in [6.45, 7) is 6.52. The second kappa shape index (κ2) is 9.61. The summed E-state index contributed by atoms with van der Waals surface area (Å²) < 4.78 is 4.79. The van der Waals surface area contributed by atoms with Crippen LogP contribution in [-0.4, -0.2) is 54.4 Å². The zero-order chi connectivity index (χ0) is 14.8. The summed E-state index contributed by atoms with van der Waals surface area (Å²) in [4.78, 5) is 24.7. The summed E-state index contributed by atoms with van der Waals surface area (Å²) in [6.07, 6.45) is 3.05. The second-order valence-corrected chi connectivity index (χ2v) is 4.79. The first-order chi connectivity index (χ1) is 8.93. The molecule has 0 heterocycles. The van der Waals surface area contributed by atoms with E-state index < -0.39 is 12.0 Å². The first-order valence-corrected chi connectivity index (χ1v) is 6.72. The number of ether oxygens (including phenoxy) is 1. The van der Waals surface area contributed by atoms with Crippen molar-refractivity contribution in [1.82, 2.24) is 10.2 Å². The van der Waals surface area contributed by atoms with E-state index in [1.54, 1.807) is 4.90 Å². The number of methoxy groups -OCH3 is 1. The molecular formula is C13H26N2O4. The Kier molecular flexibility index (Phi) is 8.95. The van der Waals surface area contributed by atoms with Crippen molar-refractivity contribution in [3.05, 3.63) is 0 Å². The molecule has 0 aromatic heterocycles. The largest absolute Gasteiger partial charge is 0.480 e. The van der Waals surface area contributed by atoms with Gasteiger partial charge in [-0.15, -0.1) is 0 Å². The van der Waals surface area contributed by atoms with Crippen molar-refractivity contribution in [1.29, 1.82) is 0 Å². The molecule has 0 aliphatic carbocycles. The molecule has 19 heavy (non-hydrogen) atoms. The smallest absolute Gasteiger partial charge is 0.328 e. The second-order valence-electron chi connectivity index (χ2n) is 4.79. The van der Waals surface area contributed by atoms with Gasteiger partial charge in [0, 0.05) is 19.7 Å².